The van der Waals surface area contributed by atoms with Crippen LogP contribution in [0.25, 0.3) is 0 Å². The zero-order chi connectivity index (χ0) is 52.9. The van der Waals surface area contributed by atoms with Crippen LogP contribution in [0.1, 0.15) is 354 Å². The number of unbranched alkanes of at least 4 members (excludes halogenated alkanes) is 46. The fraction of sp³-hybridized carbons (Fsp3) is 0.881. The van der Waals surface area contributed by atoms with Gasteiger partial charge in [-0.05, 0) is 83.5 Å². The number of amides is 1. The molecule has 0 aromatic heterocycles. The molecule has 430 valence electrons. The summed E-state index contributed by atoms with van der Waals surface area (Å²) in [6.45, 7) is 4.90. The van der Waals surface area contributed by atoms with Crippen molar-refractivity contribution in [1.82, 2.24) is 5.32 Å². The van der Waals surface area contributed by atoms with Crippen LogP contribution < -0.4 is 5.32 Å². The van der Waals surface area contributed by atoms with Crippen molar-refractivity contribution in [2.75, 3.05) is 13.2 Å². The lowest BCUT2D eigenvalue weighted by Gasteiger charge is -2.20. The van der Waals surface area contributed by atoms with E-state index in [-0.39, 0.29) is 18.5 Å². The first kappa shape index (κ1) is 71.1. The fourth-order valence-corrected chi connectivity index (χ4v) is 10.1. The number of esters is 1. The maximum Gasteiger partial charge on any atom is 0.305 e. The van der Waals surface area contributed by atoms with Gasteiger partial charge in [0.05, 0.1) is 25.4 Å². The molecule has 0 heterocycles. The second kappa shape index (κ2) is 62.6. The Balaban J connectivity index is 3.45. The summed E-state index contributed by atoms with van der Waals surface area (Å²) in [5, 5.41) is 23.2. The minimum atomic E-state index is -0.850. The van der Waals surface area contributed by atoms with Gasteiger partial charge in [0.2, 0.25) is 5.91 Å². The Morgan fingerprint density at radius 3 is 1.00 bits per heavy atom. The molecule has 0 aliphatic rings. The van der Waals surface area contributed by atoms with Crippen molar-refractivity contribution in [2.24, 2.45) is 0 Å². The molecule has 0 radical (unpaired) electrons. The monoisotopic (exact) mass is 1030 g/mol. The van der Waals surface area contributed by atoms with Gasteiger partial charge in [-0.15, -0.1) is 0 Å². The molecule has 0 aromatic rings. The number of rotatable bonds is 61. The summed E-state index contributed by atoms with van der Waals surface area (Å²) >= 11 is 0. The van der Waals surface area contributed by atoms with Crippen LogP contribution in [-0.4, -0.2) is 47.4 Å². The second-order valence-corrected chi connectivity index (χ2v) is 22.4. The zero-order valence-corrected chi connectivity index (χ0v) is 49.1. The van der Waals surface area contributed by atoms with Gasteiger partial charge in [0.15, 0.2) is 0 Å². The maximum absolute atomic E-state index is 12.5. The zero-order valence-electron chi connectivity index (χ0n) is 49.1. The van der Waals surface area contributed by atoms with E-state index in [0.717, 1.165) is 51.4 Å². The lowest BCUT2D eigenvalue weighted by molar-refractivity contribution is -0.143. The van der Waals surface area contributed by atoms with E-state index >= 15 is 0 Å². The molecule has 6 nitrogen and oxygen atoms in total. The average molecular weight is 1030 g/mol. The highest BCUT2D eigenvalue weighted by atomic mass is 16.5. The third-order valence-corrected chi connectivity index (χ3v) is 15.1. The molecule has 0 fully saturated rings. The third kappa shape index (κ3) is 59.2. The van der Waals surface area contributed by atoms with E-state index in [0.29, 0.717) is 19.4 Å². The number of carbonyl (C=O) groups excluding carboxylic acids is 2. The Morgan fingerprint density at radius 2 is 0.644 bits per heavy atom. The van der Waals surface area contributed by atoms with Crippen molar-refractivity contribution in [1.29, 1.82) is 0 Å². The van der Waals surface area contributed by atoms with Gasteiger partial charge >= 0.3 is 5.97 Å². The van der Waals surface area contributed by atoms with Crippen molar-refractivity contribution in [3.8, 4) is 0 Å². The van der Waals surface area contributed by atoms with Gasteiger partial charge in [-0.3, -0.25) is 9.59 Å². The number of aliphatic hydroxyl groups is 2. The van der Waals surface area contributed by atoms with Crippen LogP contribution in [-0.2, 0) is 14.3 Å². The van der Waals surface area contributed by atoms with Crippen LogP contribution in [0.15, 0.2) is 36.5 Å². The number of hydrogen-bond donors (Lipinski definition) is 3. The normalized spacial score (nSPS) is 12.8. The predicted octanol–water partition coefficient (Wildman–Crippen LogP) is 20.8. The van der Waals surface area contributed by atoms with Crippen LogP contribution in [0, 0.1) is 0 Å². The number of ether oxygens (including phenoxy) is 1. The van der Waals surface area contributed by atoms with Crippen LogP contribution >= 0.6 is 0 Å². The molecule has 0 saturated heterocycles. The molecule has 0 saturated carbocycles. The minimum absolute atomic E-state index is 0.00104. The summed E-state index contributed by atoms with van der Waals surface area (Å²) in [6, 6.07) is -0.634. The summed E-state index contributed by atoms with van der Waals surface area (Å²) in [5.74, 6) is -0.0705. The van der Waals surface area contributed by atoms with Crippen LogP contribution in [0.4, 0.5) is 0 Å². The first-order chi connectivity index (χ1) is 36.0. The molecule has 2 atom stereocenters. The molecular weight excluding hydrogens is 899 g/mol. The van der Waals surface area contributed by atoms with Gasteiger partial charge in [-0.25, -0.2) is 0 Å². The molecule has 0 aliphatic heterocycles. The van der Waals surface area contributed by atoms with E-state index in [1.54, 1.807) is 6.08 Å². The van der Waals surface area contributed by atoms with Gasteiger partial charge in [0.1, 0.15) is 0 Å². The molecule has 0 spiro atoms. The Labute approximate surface area is 455 Å². The number of aliphatic hydroxyl groups excluding tert-OH is 2. The number of allylic oxidation sites excluding steroid dienone is 5. The summed E-state index contributed by atoms with van der Waals surface area (Å²) < 4.78 is 5.47. The van der Waals surface area contributed by atoms with Crippen molar-refractivity contribution in [3.63, 3.8) is 0 Å². The predicted molar refractivity (Wildman–Crippen MR) is 319 cm³/mol. The summed E-state index contributed by atoms with van der Waals surface area (Å²) in [6.07, 6.45) is 79.1. The standard InChI is InChI=1S/C67H127NO5/c1-3-5-7-9-11-13-15-17-18-19-20-24-27-30-33-36-39-43-47-51-55-59-65(70)64(63-69)68-66(71)60-56-52-48-44-40-37-34-31-28-25-22-21-23-26-29-32-35-38-42-46-50-54-58-62-73-67(72)61-57-53-49-45-41-16-14-12-10-8-6-4-2/h12,14,25,28,55,59,64-65,69-70H,3-11,13,15-24,26-27,29-54,56-58,60-63H2,1-2H3,(H,68,71)/b14-12-,28-25-,59-55+. The lowest BCUT2D eigenvalue weighted by Crippen LogP contribution is -2.45. The Bertz CT molecular complexity index is 1180. The van der Waals surface area contributed by atoms with E-state index in [4.69, 9.17) is 4.74 Å². The molecule has 2 unspecified atom stereocenters. The highest BCUT2D eigenvalue weighted by molar-refractivity contribution is 5.76. The van der Waals surface area contributed by atoms with Gasteiger partial charge in [-0.2, -0.15) is 0 Å². The highest BCUT2D eigenvalue weighted by Crippen LogP contribution is 2.17. The van der Waals surface area contributed by atoms with E-state index in [9.17, 15) is 19.8 Å². The van der Waals surface area contributed by atoms with Crippen molar-refractivity contribution >= 4 is 11.9 Å². The molecule has 0 rings (SSSR count). The smallest absolute Gasteiger partial charge is 0.305 e. The molecule has 3 N–H and O–H groups in total. The average Bonchev–Trinajstić information content (AvgIpc) is 3.39. The summed E-state index contributed by atoms with van der Waals surface area (Å²) in [5.41, 5.74) is 0. The Morgan fingerprint density at radius 1 is 0.370 bits per heavy atom. The molecular formula is C67H127NO5. The van der Waals surface area contributed by atoms with E-state index in [1.807, 2.05) is 6.08 Å². The Kier molecular flexibility index (Phi) is 61.0. The maximum atomic E-state index is 12.5. The van der Waals surface area contributed by atoms with E-state index < -0.39 is 12.1 Å². The van der Waals surface area contributed by atoms with Crippen LogP contribution in [0.3, 0.4) is 0 Å². The topological polar surface area (TPSA) is 95.9 Å². The van der Waals surface area contributed by atoms with Crippen molar-refractivity contribution in [3.05, 3.63) is 36.5 Å². The molecule has 1 amide bonds. The number of hydrogen-bond acceptors (Lipinski definition) is 5. The van der Waals surface area contributed by atoms with Crippen molar-refractivity contribution in [2.45, 2.75) is 366 Å². The van der Waals surface area contributed by atoms with Crippen molar-refractivity contribution < 1.29 is 24.5 Å². The van der Waals surface area contributed by atoms with Gasteiger partial charge in [0, 0.05) is 12.8 Å². The first-order valence-corrected chi connectivity index (χ1v) is 32.8. The molecule has 0 aromatic carbocycles. The first-order valence-electron chi connectivity index (χ1n) is 32.8. The van der Waals surface area contributed by atoms with Crippen LogP contribution in [0.2, 0.25) is 0 Å². The number of nitrogens with one attached hydrogen (secondary N) is 1. The molecule has 73 heavy (non-hydrogen) atoms. The molecule has 0 bridgehead atoms. The summed E-state index contributed by atoms with van der Waals surface area (Å²) in [4.78, 5) is 24.5. The SMILES string of the molecule is CCCCC/C=C\CCCCCCCC(=O)OCCCCCCCCCCCCCC/C=C\CCCCCCCCCC(=O)NC(CO)C(O)/C=C/CCCCCCCCCCCCCCCCCCCCC. The van der Waals surface area contributed by atoms with E-state index in [1.165, 1.54) is 276 Å². The second-order valence-electron chi connectivity index (χ2n) is 22.4. The fourth-order valence-electron chi connectivity index (χ4n) is 10.1. The van der Waals surface area contributed by atoms with Gasteiger partial charge < -0.3 is 20.3 Å². The quantitative estimate of drug-likeness (QED) is 0.0320. The lowest BCUT2D eigenvalue weighted by atomic mass is 10.0. The minimum Gasteiger partial charge on any atom is -0.466 e. The Hall–Kier alpha value is -1.92. The third-order valence-electron chi connectivity index (χ3n) is 15.1. The van der Waals surface area contributed by atoms with Gasteiger partial charge in [0.25, 0.3) is 0 Å². The van der Waals surface area contributed by atoms with E-state index in [2.05, 4.69) is 43.5 Å². The number of carbonyl (C=O) groups is 2. The van der Waals surface area contributed by atoms with Gasteiger partial charge in [-0.1, -0.05) is 294 Å². The largest absolute Gasteiger partial charge is 0.466 e. The molecule has 0 aliphatic carbocycles. The highest BCUT2D eigenvalue weighted by Gasteiger charge is 2.18. The van der Waals surface area contributed by atoms with Crippen LogP contribution in [0.5, 0.6) is 0 Å². The summed E-state index contributed by atoms with van der Waals surface area (Å²) in [7, 11) is 0. The molecule has 6 heteroatoms.